The molecule has 1 N–H and O–H groups in total. The van der Waals surface area contributed by atoms with Crippen LogP contribution in [-0.4, -0.2) is 19.9 Å². The molecule has 1 amide bonds. The molecule has 5 nitrogen and oxygen atoms in total. The molecule has 0 aliphatic carbocycles. The normalized spacial score (nSPS) is 16.6. The zero-order chi connectivity index (χ0) is 19.7. The molecule has 2 unspecified atom stereocenters. The van der Waals surface area contributed by atoms with E-state index in [0.29, 0.717) is 23.7 Å². The minimum absolute atomic E-state index is 0.0672. The van der Waals surface area contributed by atoms with E-state index >= 15 is 0 Å². The van der Waals surface area contributed by atoms with Crippen molar-refractivity contribution in [3.63, 3.8) is 0 Å². The third-order valence-corrected chi connectivity index (χ3v) is 6.32. The fraction of sp³-hybridized carbons (Fsp3) is 0.273. The zero-order valence-corrected chi connectivity index (χ0v) is 16.8. The minimum atomic E-state index is -0.957. The van der Waals surface area contributed by atoms with Crippen LogP contribution in [0.15, 0.2) is 54.6 Å². The van der Waals surface area contributed by atoms with Crippen molar-refractivity contribution in [2.75, 3.05) is 5.32 Å². The third kappa shape index (κ3) is 3.52. The smallest absolute Gasteiger partial charge is 0.233 e. The van der Waals surface area contributed by atoms with E-state index in [-0.39, 0.29) is 11.8 Å². The van der Waals surface area contributed by atoms with Gasteiger partial charge in [-0.3, -0.25) is 9.00 Å². The summed E-state index contributed by atoms with van der Waals surface area (Å²) in [5.41, 5.74) is 4.72. The number of benzene rings is 2. The molecule has 0 fully saturated rings. The molecule has 4 rings (SSSR count). The molecule has 0 saturated heterocycles. The van der Waals surface area contributed by atoms with Gasteiger partial charge in [0.1, 0.15) is 5.82 Å². The highest BCUT2D eigenvalue weighted by Crippen LogP contribution is 2.32. The van der Waals surface area contributed by atoms with Crippen molar-refractivity contribution in [3.8, 4) is 5.69 Å². The van der Waals surface area contributed by atoms with E-state index < -0.39 is 10.8 Å². The van der Waals surface area contributed by atoms with Gasteiger partial charge in [-0.15, -0.1) is 0 Å². The van der Waals surface area contributed by atoms with Gasteiger partial charge in [-0.25, -0.2) is 4.68 Å². The Morgan fingerprint density at radius 1 is 1.14 bits per heavy atom. The van der Waals surface area contributed by atoms with Crippen molar-refractivity contribution in [1.82, 2.24) is 9.78 Å². The monoisotopic (exact) mass is 393 g/mol. The van der Waals surface area contributed by atoms with Crippen molar-refractivity contribution >= 4 is 22.5 Å². The van der Waals surface area contributed by atoms with Crippen LogP contribution in [0.2, 0.25) is 0 Å². The lowest BCUT2D eigenvalue weighted by Gasteiger charge is -2.17. The molecule has 1 aliphatic heterocycles. The average Bonchev–Trinajstić information content (AvgIpc) is 3.21. The van der Waals surface area contributed by atoms with Crippen molar-refractivity contribution in [2.24, 2.45) is 0 Å². The molecule has 2 heterocycles. The van der Waals surface area contributed by atoms with Crippen LogP contribution < -0.4 is 5.32 Å². The molecule has 2 aromatic carbocycles. The van der Waals surface area contributed by atoms with E-state index in [1.165, 1.54) is 0 Å². The number of fused-ring (bicyclic) bond motifs is 1. The molecular formula is C22H23N3O2S. The summed E-state index contributed by atoms with van der Waals surface area (Å²) in [6, 6.07) is 17.8. The summed E-state index contributed by atoms with van der Waals surface area (Å²) in [5.74, 6) is 1.20. The molecule has 0 spiro atoms. The fourth-order valence-electron chi connectivity index (χ4n) is 3.59. The molecule has 1 aliphatic rings. The molecule has 28 heavy (non-hydrogen) atoms. The van der Waals surface area contributed by atoms with Gasteiger partial charge in [0.05, 0.1) is 28.8 Å². The standard InChI is InChI=1S/C22H23N3O2S/c1-3-18(16-7-5-4-6-8-16)22(26)23-21-19-13-28(27)14-20(19)24-25(21)17-11-9-15(2)10-12-17/h4-12,18H,3,13-14H2,1-2H3,(H,23,26). The predicted octanol–water partition coefficient (Wildman–Crippen LogP) is 4.08. The van der Waals surface area contributed by atoms with Gasteiger partial charge in [-0.05, 0) is 31.0 Å². The van der Waals surface area contributed by atoms with Gasteiger partial charge in [-0.1, -0.05) is 55.0 Å². The molecule has 144 valence electrons. The number of carbonyl (C=O) groups excluding carboxylic acids is 1. The topological polar surface area (TPSA) is 64.0 Å². The molecule has 0 saturated carbocycles. The summed E-state index contributed by atoms with van der Waals surface area (Å²) in [5, 5.41) is 7.76. The van der Waals surface area contributed by atoms with E-state index in [9.17, 15) is 9.00 Å². The quantitative estimate of drug-likeness (QED) is 0.710. The van der Waals surface area contributed by atoms with E-state index in [1.807, 2.05) is 68.4 Å². The average molecular weight is 394 g/mol. The lowest BCUT2D eigenvalue weighted by molar-refractivity contribution is -0.117. The predicted molar refractivity (Wildman–Crippen MR) is 112 cm³/mol. The second-order valence-corrected chi connectivity index (χ2v) is 8.57. The Hall–Kier alpha value is -2.73. The number of aryl methyl sites for hydroxylation is 1. The van der Waals surface area contributed by atoms with Gasteiger partial charge in [0.15, 0.2) is 0 Å². The van der Waals surface area contributed by atoms with Crippen LogP contribution in [0, 0.1) is 6.92 Å². The fourth-order valence-corrected chi connectivity index (χ4v) is 4.85. The second kappa shape index (κ2) is 7.72. The lowest BCUT2D eigenvalue weighted by atomic mass is 9.95. The van der Waals surface area contributed by atoms with Crippen LogP contribution in [0.4, 0.5) is 5.82 Å². The van der Waals surface area contributed by atoms with E-state index in [0.717, 1.165) is 28.1 Å². The number of nitrogens with one attached hydrogen (secondary N) is 1. The van der Waals surface area contributed by atoms with E-state index in [2.05, 4.69) is 10.4 Å². The maximum atomic E-state index is 13.1. The number of hydrogen-bond acceptors (Lipinski definition) is 3. The molecule has 3 aromatic rings. The van der Waals surface area contributed by atoms with Crippen LogP contribution in [0.25, 0.3) is 5.69 Å². The summed E-state index contributed by atoms with van der Waals surface area (Å²) >= 11 is 0. The first-order valence-electron chi connectivity index (χ1n) is 9.45. The highest BCUT2D eigenvalue weighted by atomic mass is 32.2. The SMILES string of the molecule is CCC(C(=O)Nc1c2c(nn1-c1ccc(C)cc1)CS(=O)C2)c1ccccc1. The van der Waals surface area contributed by atoms with Crippen molar-refractivity contribution in [1.29, 1.82) is 0 Å². The number of carbonyl (C=O) groups is 1. The summed E-state index contributed by atoms with van der Waals surface area (Å²) < 4.78 is 13.8. The van der Waals surface area contributed by atoms with Crippen LogP contribution >= 0.6 is 0 Å². The number of anilines is 1. The van der Waals surface area contributed by atoms with Crippen molar-refractivity contribution < 1.29 is 9.00 Å². The minimum Gasteiger partial charge on any atom is -0.310 e. The molecule has 0 radical (unpaired) electrons. The number of nitrogens with zero attached hydrogens (tertiary/aromatic N) is 2. The maximum Gasteiger partial charge on any atom is 0.233 e. The van der Waals surface area contributed by atoms with E-state index in [1.54, 1.807) is 4.68 Å². The molecule has 2 atom stereocenters. The maximum absolute atomic E-state index is 13.1. The van der Waals surface area contributed by atoms with Crippen molar-refractivity contribution in [3.05, 3.63) is 77.0 Å². The highest BCUT2D eigenvalue weighted by molar-refractivity contribution is 7.83. The first-order chi connectivity index (χ1) is 13.6. The van der Waals surface area contributed by atoms with Gasteiger partial charge < -0.3 is 5.32 Å². The first kappa shape index (κ1) is 18.6. The van der Waals surface area contributed by atoms with Gasteiger partial charge in [0.25, 0.3) is 0 Å². The summed E-state index contributed by atoms with van der Waals surface area (Å²) in [4.78, 5) is 13.1. The number of aromatic nitrogens is 2. The van der Waals surface area contributed by atoms with E-state index in [4.69, 9.17) is 0 Å². The van der Waals surface area contributed by atoms with Crippen LogP contribution in [-0.2, 0) is 27.1 Å². The second-order valence-electron chi connectivity index (χ2n) is 7.11. The molecular weight excluding hydrogens is 370 g/mol. The van der Waals surface area contributed by atoms with Crippen LogP contribution in [0.1, 0.15) is 41.6 Å². The van der Waals surface area contributed by atoms with Crippen LogP contribution in [0.5, 0.6) is 0 Å². The molecule has 6 heteroatoms. The van der Waals surface area contributed by atoms with Crippen LogP contribution in [0.3, 0.4) is 0 Å². The first-order valence-corrected chi connectivity index (χ1v) is 10.9. The Labute approximate surface area is 167 Å². The van der Waals surface area contributed by atoms with Gasteiger partial charge >= 0.3 is 0 Å². The zero-order valence-electron chi connectivity index (χ0n) is 16.0. The summed E-state index contributed by atoms with van der Waals surface area (Å²) in [6.07, 6.45) is 0.697. The third-order valence-electron chi connectivity index (χ3n) is 5.12. The number of rotatable bonds is 5. The Balaban J connectivity index is 1.71. The Kier molecular flexibility index (Phi) is 5.13. The van der Waals surface area contributed by atoms with Gasteiger partial charge in [-0.2, -0.15) is 5.10 Å². The molecule has 1 aromatic heterocycles. The number of amides is 1. The van der Waals surface area contributed by atoms with Gasteiger partial charge in [0, 0.05) is 16.4 Å². The Morgan fingerprint density at radius 2 is 1.86 bits per heavy atom. The lowest BCUT2D eigenvalue weighted by Crippen LogP contribution is -2.23. The molecule has 0 bridgehead atoms. The Morgan fingerprint density at radius 3 is 2.54 bits per heavy atom. The highest BCUT2D eigenvalue weighted by Gasteiger charge is 2.29. The van der Waals surface area contributed by atoms with Crippen molar-refractivity contribution in [2.45, 2.75) is 37.7 Å². The largest absolute Gasteiger partial charge is 0.310 e. The number of hydrogen-bond donors (Lipinski definition) is 1. The summed E-state index contributed by atoms with van der Waals surface area (Å²) in [6.45, 7) is 4.04. The Bertz CT molecular complexity index is 1030. The summed E-state index contributed by atoms with van der Waals surface area (Å²) in [7, 11) is -0.957. The van der Waals surface area contributed by atoms with Gasteiger partial charge in [0.2, 0.25) is 5.91 Å².